The van der Waals surface area contributed by atoms with Gasteiger partial charge in [0, 0.05) is 5.56 Å². The second-order valence-electron chi connectivity index (χ2n) is 7.12. The van der Waals surface area contributed by atoms with Crippen molar-refractivity contribution in [2.75, 3.05) is 5.32 Å². The largest absolute Gasteiger partial charge is 0.340 e. The number of carbonyl (C=O) groups excluding carboxylic acids is 1. The van der Waals surface area contributed by atoms with Crippen molar-refractivity contribution in [1.82, 2.24) is 15.3 Å². The molecular formula is C24H20N4O. The quantitative estimate of drug-likeness (QED) is 0.453. The summed E-state index contributed by atoms with van der Waals surface area (Å²) >= 11 is 0. The zero-order valence-electron chi connectivity index (χ0n) is 15.9. The molecule has 29 heavy (non-hydrogen) atoms. The van der Waals surface area contributed by atoms with E-state index in [2.05, 4.69) is 44.9 Å². The van der Waals surface area contributed by atoms with Crippen molar-refractivity contribution < 1.29 is 4.79 Å². The van der Waals surface area contributed by atoms with E-state index in [0.717, 1.165) is 39.3 Å². The molecule has 0 saturated heterocycles. The highest BCUT2D eigenvalue weighted by atomic mass is 16.2. The average molecular weight is 380 g/mol. The second kappa shape index (κ2) is 6.95. The summed E-state index contributed by atoms with van der Waals surface area (Å²) in [5.41, 5.74) is 6.30. The van der Waals surface area contributed by atoms with Crippen LogP contribution in [0.5, 0.6) is 0 Å². The van der Waals surface area contributed by atoms with Gasteiger partial charge < -0.3 is 10.3 Å². The predicted molar refractivity (Wildman–Crippen MR) is 115 cm³/mol. The molecule has 0 unspecified atom stereocenters. The lowest BCUT2D eigenvalue weighted by Crippen LogP contribution is -2.32. The summed E-state index contributed by atoms with van der Waals surface area (Å²) in [6, 6.07) is 25.7. The lowest BCUT2D eigenvalue weighted by molar-refractivity contribution is 0.250. The summed E-state index contributed by atoms with van der Waals surface area (Å²) in [4.78, 5) is 20.6. The number of hydrogen-bond donors (Lipinski definition) is 3. The monoisotopic (exact) mass is 380 g/mol. The van der Waals surface area contributed by atoms with Crippen LogP contribution in [0.3, 0.4) is 0 Å². The molecule has 5 rings (SSSR count). The Hall–Kier alpha value is -3.86. The summed E-state index contributed by atoms with van der Waals surface area (Å²) < 4.78 is 0. The molecule has 1 aliphatic rings. The molecule has 0 bridgehead atoms. The van der Waals surface area contributed by atoms with Gasteiger partial charge in [0.2, 0.25) is 0 Å². The highest BCUT2D eigenvalue weighted by Gasteiger charge is 2.29. The highest BCUT2D eigenvalue weighted by molar-refractivity contribution is 5.93. The van der Waals surface area contributed by atoms with Crippen LogP contribution < -0.4 is 10.6 Å². The molecule has 0 fully saturated rings. The summed E-state index contributed by atoms with van der Waals surface area (Å²) in [5.74, 6) is 1.27. The number of aromatic amines is 1. The standard InChI is InChI=1S/C24H20N4O/c1-15-25-21(16-9-3-2-4-10-16)23(26-15)28-24(29)27-22-19-13-7-5-11-17(19)18-12-6-8-14-20(18)22/h2-14,22H,1H3,(H,25,26)(H2,27,28,29). The van der Waals surface area contributed by atoms with Gasteiger partial charge in [-0.1, -0.05) is 78.9 Å². The first-order valence-electron chi connectivity index (χ1n) is 9.58. The first-order valence-corrected chi connectivity index (χ1v) is 9.58. The maximum atomic E-state index is 12.9. The van der Waals surface area contributed by atoms with Crippen molar-refractivity contribution >= 4 is 11.8 Å². The number of nitrogens with one attached hydrogen (secondary N) is 3. The van der Waals surface area contributed by atoms with Gasteiger partial charge in [-0.05, 0) is 29.2 Å². The number of carbonyl (C=O) groups is 1. The summed E-state index contributed by atoms with van der Waals surface area (Å²) in [6.07, 6.45) is 0. The number of anilines is 1. The number of H-pyrrole nitrogens is 1. The van der Waals surface area contributed by atoms with Gasteiger partial charge >= 0.3 is 6.03 Å². The zero-order valence-corrected chi connectivity index (χ0v) is 15.9. The van der Waals surface area contributed by atoms with Crippen LogP contribution in [0.25, 0.3) is 22.4 Å². The lowest BCUT2D eigenvalue weighted by Gasteiger charge is -2.16. The lowest BCUT2D eigenvalue weighted by atomic mass is 10.1. The van der Waals surface area contributed by atoms with Crippen LogP contribution in [0, 0.1) is 6.92 Å². The van der Waals surface area contributed by atoms with E-state index >= 15 is 0 Å². The summed E-state index contributed by atoms with van der Waals surface area (Å²) in [7, 11) is 0. The minimum atomic E-state index is -0.287. The molecule has 1 heterocycles. The third-order valence-electron chi connectivity index (χ3n) is 5.23. The van der Waals surface area contributed by atoms with Crippen molar-refractivity contribution in [2.45, 2.75) is 13.0 Å². The minimum Gasteiger partial charge on any atom is -0.340 e. The fourth-order valence-electron chi connectivity index (χ4n) is 3.98. The predicted octanol–water partition coefficient (Wildman–Crippen LogP) is 5.28. The molecule has 0 aliphatic heterocycles. The van der Waals surface area contributed by atoms with E-state index in [9.17, 15) is 4.79 Å². The Kier molecular flexibility index (Phi) is 4.13. The molecule has 5 heteroatoms. The Balaban J connectivity index is 1.43. The molecule has 142 valence electrons. The molecule has 0 radical (unpaired) electrons. The Morgan fingerprint density at radius 1 is 0.862 bits per heavy atom. The SMILES string of the molecule is Cc1nc(NC(=O)NC2c3ccccc3-c3ccccc32)c(-c2ccccc2)[nH]1. The van der Waals surface area contributed by atoms with Crippen LogP contribution in [0.2, 0.25) is 0 Å². The molecule has 0 atom stereocenters. The Morgan fingerprint density at radius 2 is 1.45 bits per heavy atom. The van der Waals surface area contributed by atoms with Gasteiger partial charge in [0.25, 0.3) is 0 Å². The Morgan fingerprint density at radius 3 is 2.10 bits per heavy atom. The van der Waals surface area contributed by atoms with E-state index in [1.165, 1.54) is 0 Å². The molecule has 4 aromatic rings. The van der Waals surface area contributed by atoms with E-state index in [0.29, 0.717) is 5.82 Å². The van der Waals surface area contributed by atoms with Crippen LogP contribution in [0.4, 0.5) is 10.6 Å². The van der Waals surface area contributed by atoms with E-state index in [1.807, 2.05) is 61.5 Å². The van der Waals surface area contributed by atoms with Gasteiger partial charge in [-0.2, -0.15) is 0 Å². The van der Waals surface area contributed by atoms with Gasteiger partial charge in [-0.15, -0.1) is 0 Å². The third kappa shape index (κ3) is 3.06. The number of urea groups is 1. The topological polar surface area (TPSA) is 69.8 Å². The molecule has 1 aromatic heterocycles. The van der Waals surface area contributed by atoms with E-state index in [4.69, 9.17) is 0 Å². The minimum absolute atomic E-state index is 0.192. The number of rotatable bonds is 3. The molecule has 1 aliphatic carbocycles. The average Bonchev–Trinajstić information content (AvgIpc) is 3.27. The summed E-state index contributed by atoms with van der Waals surface area (Å²) in [5, 5.41) is 6.05. The molecule has 3 N–H and O–H groups in total. The van der Waals surface area contributed by atoms with Crippen molar-refractivity contribution in [2.24, 2.45) is 0 Å². The molecular weight excluding hydrogens is 360 g/mol. The fraction of sp³-hybridized carbons (Fsp3) is 0.0833. The van der Waals surface area contributed by atoms with Crippen LogP contribution in [0.1, 0.15) is 23.0 Å². The van der Waals surface area contributed by atoms with E-state index < -0.39 is 0 Å². The van der Waals surface area contributed by atoms with Gasteiger partial charge in [0.05, 0.1) is 11.7 Å². The number of benzene rings is 3. The second-order valence-corrected chi connectivity index (χ2v) is 7.12. The molecule has 3 aromatic carbocycles. The van der Waals surface area contributed by atoms with Crippen LogP contribution in [-0.4, -0.2) is 16.0 Å². The molecule has 0 spiro atoms. The van der Waals surface area contributed by atoms with Crippen molar-refractivity contribution in [3.05, 3.63) is 95.8 Å². The van der Waals surface area contributed by atoms with E-state index in [1.54, 1.807) is 0 Å². The maximum Gasteiger partial charge on any atom is 0.321 e. The highest BCUT2D eigenvalue weighted by Crippen LogP contribution is 2.43. The van der Waals surface area contributed by atoms with Crippen LogP contribution in [0.15, 0.2) is 78.9 Å². The Bertz CT molecular complexity index is 1150. The van der Waals surface area contributed by atoms with Crippen LogP contribution >= 0.6 is 0 Å². The number of nitrogens with zero attached hydrogens (tertiary/aromatic N) is 1. The smallest absolute Gasteiger partial charge is 0.321 e. The number of aryl methyl sites for hydroxylation is 1. The maximum absolute atomic E-state index is 12.9. The number of amides is 2. The normalized spacial score (nSPS) is 12.3. The van der Waals surface area contributed by atoms with Gasteiger partial charge in [0.15, 0.2) is 5.82 Å². The Labute approximate surface area is 168 Å². The fourth-order valence-corrected chi connectivity index (χ4v) is 3.98. The molecule has 2 amide bonds. The molecule has 0 saturated carbocycles. The first-order chi connectivity index (χ1) is 14.2. The zero-order chi connectivity index (χ0) is 19.8. The number of aromatic nitrogens is 2. The first kappa shape index (κ1) is 17.3. The van der Waals surface area contributed by atoms with Gasteiger partial charge in [-0.25, -0.2) is 9.78 Å². The van der Waals surface area contributed by atoms with Crippen molar-refractivity contribution in [1.29, 1.82) is 0 Å². The van der Waals surface area contributed by atoms with Crippen LogP contribution in [-0.2, 0) is 0 Å². The number of fused-ring (bicyclic) bond motifs is 3. The van der Waals surface area contributed by atoms with Gasteiger partial charge in [0.1, 0.15) is 5.82 Å². The number of hydrogen-bond acceptors (Lipinski definition) is 2. The van der Waals surface area contributed by atoms with Crippen molar-refractivity contribution in [3.63, 3.8) is 0 Å². The number of imidazole rings is 1. The van der Waals surface area contributed by atoms with E-state index in [-0.39, 0.29) is 12.1 Å². The third-order valence-corrected chi connectivity index (χ3v) is 5.23. The van der Waals surface area contributed by atoms with Gasteiger partial charge in [-0.3, -0.25) is 5.32 Å². The van der Waals surface area contributed by atoms with Crippen molar-refractivity contribution in [3.8, 4) is 22.4 Å². The summed E-state index contributed by atoms with van der Waals surface area (Å²) in [6.45, 7) is 1.87. The molecule has 5 nitrogen and oxygen atoms in total.